The molecule has 0 saturated heterocycles. The van der Waals surface area contributed by atoms with E-state index in [9.17, 15) is 20.3 Å². The van der Waals surface area contributed by atoms with Gasteiger partial charge in [-0.25, -0.2) is 4.68 Å². The van der Waals surface area contributed by atoms with Crippen molar-refractivity contribution in [2.75, 3.05) is 0 Å². The predicted octanol–water partition coefficient (Wildman–Crippen LogP) is 4.62. The highest BCUT2D eigenvalue weighted by Gasteiger charge is 2.26. The van der Waals surface area contributed by atoms with E-state index in [0.29, 0.717) is 5.69 Å². The van der Waals surface area contributed by atoms with Crippen LogP contribution >= 0.6 is 0 Å². The van der Waals surface area contributed by atoms with Crippen LogP contribution in [-0.4, -0.2) is 24.9 Å². The third-order valence-electron chi connectivity index (χ3n) is 5.42. The smallest absolute Gasteiger partial charge is 0.269 e. The maximum absolute atomic E-state index is 11.0. The van der Waals surface area contributed by atoms with E-state index in [1.807, 2.05) is 18.2 Å². The van der Waals surface area contributed by atoms with Gasteiger partial charge in [0.2, 0.25) is 0 Å². The number of phenolic OH excluding ortho intramolecular Hbond substituents is 2. The summed E-state index contributed by atoms with van der Waals surface area (Å²) in [5.74, 6) is 0.403. The van der Waals surface area contributed by atoms with Crippen molar-refractivity contribution >= 4 is 5.69 Å². The summed E-state index contributed by atoms with van der Waals surface area (Å²) in [6.45, 7) is 0. The van der Waals surface area contributed by atoms with Gasteiger partial charge in [-0.2, -0.15) is 5.10 Å². The van der Waals surface area contributed by atoms with E-state index in [1.54, 1.807) is 41.1 Å². The molecule has 0 saturated carbocycles. The molecular formula is C23H17N3O4. The molecule has 2 N–H and O–H groups in total. The first-order chi connectivity index (χ1) is 14.5. The normalized spacial score (nSPS) is 12.3. The zero-order valence-electron chi connectivity index (χ0n) is 15.8. The van der Waals surface area contributed by atoms with Crippen LogP contribution in [0.5, 0.6) is 11.5 Å². The minimum Gasteiger partial charge on any atom is -0.508 e. The van der Waals surface area contributed by atoms with Gasteiger partial charge < -0.3 is 10.2 Å². The SMILES string of the molecule is O=[N+]([O-])c1ccc(-n2nc3c(c2-c2ccc(O)cc2)CCc2cc(O)ccc2-3)cc1. The fraction of sp³-hybridized carbons (Fsp3) is 0.0870. The summed E-state index contributed by atoms with van der Waals surface area (Å²) < 4.78 is 1.79. The summed E-state index contributed by atoms with van der Waals surface area (Å²) in [4.78, 5) is 10.6. The Morgan fingerprint density at radius 3 is 2.30 bits per heavy atom. The molecule has 0 amide bonds. The summed E-state index contributed by atoms with van der Waals surface area (Å²) in [5, 5.41) is 35.5. The number of aromatic nitrogens is 2. The molecule has 1 aliphatic rings. The van der Waals surface area contributed by atoms with Crippen LogP contribution in [0.3, 0.4) is 0 Å². The van der Waals surface area contributed by atoms with E-state index in [0.717, 1.165) is 46.5 Å². The van der Waals surface area contributed by atoms with Crippen molar-refractivity contribution in [3.05, 3.63) is 88.0 Å². The van der Waals surface area contributed by atoms with Gasteiger partial charge >= 0.3 is 0 Å². The van der Waals surface area contributed by atoms with Crippen molar-refractivity contribution in [3.63, 3.8) is 0 Å². The van der Waals surface area contributed by atoms with Crippen LogP contribution in [0.25, 0.3) is 28.2 Å². The predicted molar refractivity (Wildman–Crippen MR) is 112 cm³/mol. The maximum atomic E-state index is 11.0. The number of nitrogens with zero attached hydrogens (tertiary/aromatic N) is 3. The van der Waals surface area contributed by atoms with Gasteiger partial charge in [0, 0.05) is 28.8 Å². The maximum Gasteiger partial charge on any atom is 0.269 e. The van der Waals surface area contributed by atoms with Gasteiger partial charge in [-0.1, -0.05) is 0 Å². The lowest BCUT2D eigenvalue weighted by atomic mass is 9.87. The Hall–Kier alpha value is -4.13. The van der Waals surface area contributed by atoms with Crippen molar-refractivity contribution in [1.82, 2.24) is 9.78 Å². The highest BCUT2D eigenvalue weighted by Crippen LogP contribution is 2.41. The molecule has 0 bridgehead atoms. The van der Waals surface area contributed by atoms with Crippen LogP contribution in [0.1, 0.15) is 11.1 Å². The highest BCUT2D eigenvalue weighted by molar-refractivity contribution is 5.79. The number of aromatic hydroxyl groups is 2. The van der Waals surface area contributed by atoms with E-state index in [4.69, 9.17) is 5.10 Å². The van der Waals surface area contributed by atoms with Gasteiger partial charge in [0.15, 0.2) is 0 Å². The average molecular weight is 399 g/mol. The first-order valence-corrected chi connectivity index (χ1v) is 9.49. The highest BCUT2D eigenvalue weighted by atomic mass is 16.6. The summed E-state index contributed by atoms with van der Waals surface area (Å²) in [6, 6.07) is 18.5. The Bertz CT molecular complexity index is 1280. The quantitative estimate of drug-likeness (QED) is 0.386. The summed E-state index contributed by atoms with van der Waals surface area (Å²) in [5.41, 5.74) is 6.40. The molecule has 7 nitrogen and oxygen atoms in total. The Labute approximate surface area is 171 Å². The first kappa shape index (κ1) is 17.9. The molecule has 1 aliphatic carbocycles. The van der Waals surface area contributed by atoms with E-state index in [1.165, 1.54) is 12.1 Å². The molecular weight excluding hydrogens is 382 g/mol. The number of hydrogen-bond donors (Lipinski definition) is 2. The number of fused-ring (bicyclic) bond motifs is 3. The number of benzene rings is 3. The van der Waals surface area contributed by atoms with Gasteiger partial charge in [-0.05, 0) is 73.0 Å². The fourth-order valence-corrected chi connectivity index (χ4v) is 4.00. The lowest BCUT2D eigenvalue weighted by Gasteiger charge is -2.16. The van der Waals surface area contributed by atoms with E-state index >= 15 is 0 Å². The molecule has 0 atom stereocenters. The Balaban J connectivity index is 1.75. The Kier molecular flexibility index (Phi) is 4.03. The van der Waals surface area contributed by atoms with Crippen LogP contribution in [0.4, 0.5) is 5.69 Å². The van der Waals surface area contributed by atoms with Gasteiger partial charge in [0.25, 0.3) is 5.69 Å². The summed E-state index contributed by atoms with van der Waals surface area (Å²) >= 11 is 0. The van der Waals surface area contributed by atoms with Crippen LogP contribution < -0.4 is 0 Å². The van der Waals surface area contributed by atoms with Crippen LogP contribution in [-0.2, 0) is 12.8 Å². The molecule has 0 aliphatic heterocycles. The Morgan fingerprint density at radius 2 is 1.60 bits per heavy atom. The molecule has 0 unspecified atom stereocenters. The van der Waals surface area contributed by atoms with Crippen molar-refractivity contribution in [2.24, 2.45) is 0 Å². The zero-order valence-corrected chi connectivity index (χ0v) is 15.8. The van der Waals surface area contributed by atoms with E-state index in [2.05, 4.69) is 0 Å². The number of non-ortho nitro benzene ring substituents is 1. The molecule has 148 valence electrons. The van der Waals surface area contributed by atoms with Crippen molar-refractivity contribution in [3.8, 4) is 39.7 Å². The van der Waals surface area contributed by atoms with E-state index in [-0.39, 0.29) is 17.2 Å². The summed E-state index contributed by atoms with van der Waals surface area (Å²) in [7, 11) is 0. The second kappa shape index (κ2) is 6.73. The molecule has 3 aromatic carbocycles. The minimum absolute atomic E-state index is 0.0164. The lowest BCUT2D eigenvalue weighted by Crippen LogP contribution is -2.03. The number of nitro groups is 1. The van der Waals surface area contributed by atoms with Crippen LogP contribution in [0, 0.1) is 10.1 Å². The van der Waals surface area contributed by atoms with Gasteiger partial charge in [0.1, 0.15) is 11.5 Å². The number of hydrogen-bond acceptors (Lipinski definition) is 5. The van der Waals surface area contributed by atoms with Gasteiger partial charge in [-0.15, -0.1) is 0 Å². The number of phenols is 2. The fourth-order valence-electron chi connectivity index (χ4n) is 4.00. The third-order valence-corrected chi connectivity index (χ3v) is 5.42. The first-order valence-electron chi connectivity index (χ1n) is 9.49. The van der Waals surface area contributed by atoms with E-state index < -0.39 is 4.92 Å². The second-order valence-electron chi connectivity index (χ2n) is 7.25. The number of aryl methyl sites for hydroxylation is 1. The van der Waals surface area contributed by atoms with Gasteiger partial charge in [0.05, 0.1) is 22.0 Å². The number of nitro benzene ring substituents is 1. The van der Waals surface area contributed by atoms with Crippen LogP contribution in [0.15, 0.2) is 66.7 Å². The zero-order chi connectivity index (χ0) is 20.8. The molecule has 5 rings (SSSR count). The molecule has 4 aromatic rings. The van der Waals surface area contributed by atoms with Crippen LogP contribution in [0.2, 0.25) is 0 Å². The molecule has 1 aromatic heterocycles. The van der Waals surface area contributed by atoms with Crippen molar-refractivity contribution < 1.29 is 15.1 Å². The number of rotatable bonds is 3. The molecule has 0 fully saturated rings. The average Bonchev–Trinajstić information content (AvgIpc) is 3.14. The third kappa shape index (κ3) is 2.88. The van der Waals surface area contributed by atoms with Gasteiger partial charge in [-0.3, -0.25) is 10.1 Å². The lowest BCUT2D eigenvalue weighted by molar-refractivity contribution is -0.384. The summed E-state index contributed by atoms with van der Waals surface area (Å²) in [6.07, 6.45) is 1.52. The molecule has 0 spiro atoms. The second-order valence-corrected chi connectivity index (χ2v) is 7.25. The monoisotopic (exact) mass is 399 g/mol. The molecule has 7 heteroatoms. The molecule has 0 radical (unpaired) electrons. The Morgan fingerprint density at radius 1 is 0.900 bits per heavy atom. The molecule has 30 heavy (non-hydrogen) atoms. The van der Waals surface area contributed by atoms with Crippen molar-refractivity contribution in [1.29, 1.82) is 0 Å². The molecule has 1 heterocycles. The largest absolute Gasteiger partial charge is 0.508 e. The minimum atomic E-state index is -0.429. The topological polar surface area (TPSA) is 101 Å². The van der Waals surface area contributed by atoms with Crippen molar-refractivity contribution in [2.45, 2.75) is 12.8 Å². The standard InChI is InChI=1S/C23H17N3O4/c27-18-8-1-14(2-9-18)23-21-11-3-15-13-19(28)10-12-20(15)22(21)24-25(23)16-4-6-17(7-5-16)26(29)30/h1-2,4-10,12-13,27-28H,3,11H2.